The third-order valence-corrected chi connectivity index (χ3v) is 6.73. The minimum absolute atomic E-state index is 0.286. The van der Waals surface area contributed by atoms with E-state index in [1.807, 2.05) is 6.20 Å². The van der Waals surface area contributed by atoms with Crippen LogP contribution in [0.1, 0.15) is 62.0 Å². The van der Waals surface area contributed by atoms with E-state index in [-0.39, 0.29) is 6.04 Å². The number of carboxylic acid groups (broad SMARTS) is 1. The molecule has 2 heterocycles. The summed E-state index contributed by atoms with van der Waals surface area (Å²) < 4.78 is 37.2. The average Bonchev–Trinajstić information content (AvgIpc) is 3.32. The van der Waals surface area contributed by atoms with Crippen LogP contribution in [0, 0.1) is 23.2 Å². The van der Waals surface area contributed by atoms with Gasteiger partial charge < -0.3 is 20.3 Å². The average molecular weight is 441 g/mol. The predicted octanol–water partition coefficient (Wildman–Crippen LogP) is 3.43. The summed E-state index contributed by atoms with van der Waals surface area (Å²) in [6.45, 7) is 0. The fourth-order valence-corrected chi connectivity index (χ4v) is 6.05. The number of rotatable bonds is 5. The Labute approximate surface area is 176 Å². The van der Waals surface area contributed by atoms with E-state index >= 15 is 0 Å². The standard InChI is InChI=1S/C18H25N5O.C2HF3O2/c19-15(4-14-9-20-10-21-14)17-22-16(23-24-17)8-18-5-11-1-12(6-18)3-13(2-11)7-18;3-2(4,5)1(6)7/h9-13,15H,1-8,19H2,(H,20,21);(H,6,7). The fraction of sp³-hybridized carbons (Fsp3) is 0.700. The Morgan fingerprint density at radius 3 is 2.32 bits per heavy atom. The second-order valence-electron chi connectivity index (χ2n) is 9.32. The lowest BCUT2D eigenvalue weighted by molar-refractivity contribution is -0.192. The van der Waals surface area contributed by atoms with Crippen molar-refractivity contribution in [3.05, 3.63) is 29.9 Å². The van der Waals surface area contributed by atoms with Gasteiger partial charge in [0.15, 0.2) is 5.82 Å². The zero-order valence-electron chi connectivity index (χ0n) is 16.9. The summed E-state index contributed by atoms with van der Waals surface area (Å²) in [7, 11) is 0. The molecular weight excluding hydrogens is 415 g/mol. The Balaban J connectivity index is 0.000000289. The lowest BCUT2D eigenvalue weighted by Crippen LogP contribution is -2.47. The highest BCUT2D eigenvalue weighted by molar-refractivity contribution is 5.73. The minimum Gasteiger partial charge on any atom is -0.475 e. The first-order valence-corrected chi connectivity index (χ1v) is 10.5. The van der Waals surface area contributed by atoms with Gasteiger partial charge in [0.1, 0.15) is 0 Å². The van der Waals surface area contributed by atoms with E-state index in [2.05, 4.69) is 20.1 Å². The van der Waals surface area contributed by atoms with Crippen LogP contribution in [0.3, 0.4) is 0 Å². The number of imidazole rings is 1. The van der Waals surface area contributed by atoms with Crippen LogP contribution in [0.4, 0.5) is 13.2 Å². The van der Waals surface area contributed by atoms with Crippen molar-refractivity contribution < 1.29 is 27.6 Å². The van der Waals surface area contributed by atoms with Crippen molar-refractivity contribution in [2.45, 2.75) is 63.6 Å². The molecule has 4 fully saturated rings. The van der Waals surface area contributed by atoms with Crippen LogP contribution in [0.15, 0.2) is 17.0 Å². The number of nitrogens with zero attached hydrogens (tertiary/aromatic N) is 3. The lowest BCUT2D eigenvalue weighted by atomic mass is 9.49. The molecule has 31 heavy (non-hydrogen) atoms. The zero-order valence-corrected chi connectivity index (χ0v) is 16.9. The van der Waals surface area contributed by atoms with Crippen molar-refractivity contribution in [1.29, 1.82) is 0 Å². The van der Waals surface area contributed by atoms with Crippen LogP contribution in [0.25, 0.3) is 0 Å². The molecule has 0 aromatic carbocycles. The number of carboxylic acids is 1. The Morgan fingerprint density at radius 2 is 1.84 bits per heavy atom. The van der Waals surface area contributed by atoms with E-state index in [9.17, 15) is 13.2 Å². The highest BCUT2D eigenvalue weighted by Gasteiger charge is 2.51. The van der Waals surface area contributed by atoms with Crippen molar-refractivity contribution in [2.24, 2.45) is 28.9 Å². The minimum atomic E-state index is -5.08. The van der Waals surface area contributed by atoms with Gasteiger partial charge in [0.05, 0.1) is 18.1 Å². The second kappa shape index (κ2) is 8.25. The number of aromatic nitrogens is 4. The quantitative estimate of drug-likeness (QED) is 0.648. The van der Waals surface area contributed by atoms with Crippen molar-refractivity contribution in [1.82, 2.24) is 20.1 Å². The smallest absolute Gasteiger partial charge is 0.475 e. The summed E-state index contributed by atoms with van der Waals surface area (Å²) in [4.78, 5) is 20.7. The number of H-pyrrole nitrogens is 1. The summed E-state index contributed by atoms with van der Waals surface area (Å²) in [5, 5.41) is 11.4. The molecule has 1 atom stereocenters. The van der Waals surface area contributed by atoms with Gasteiger partial charge in [-0.25, -0.2) is 9.78 Å². The molecule has 4 saturated carbocycles. The molecule has 0 aliphatic heterocycles. The third kappa shape index (κ3) is 5.08. The number of carbonyl (C=O) groups is 1. The SMILES string of the molecule is NC(Cc1c[nH]cn1)c1nc(CC23CC4CC(CC(C4)C2)C3)no1.O=C(O)C(F)(F)F. The first-order valence-electron chi connectivity index (χ1n) is 10.5. The zero-order chi connectivity index (χ0) is 22.2. The van der Waals surface area contributed by atoms with Crippen LogP contribution in [0.2, 0.25) is 0 Å². The van der Waals surface area contributed by atoms with Crippen LogP contribution in [0.5, 0.6) is 0 Å². The molecule has 1 unspecified atom stereocenters. The van der Waals surface area contributed by atoms with E-state index in [1.165, 1.54) is 38.5 Å². The molecule has 4 bridgehead atoms. The molecule has 2 aromatic rings. The number of halogens is 3. The Bertz CT molecular complexity index is 861. The first-order chi connectivity index (χ1) is 14.6. The van der Waals surface area contributed by atoms with Gasteiger partial charge in [0, 0.05) is 19.0 Å². The van der Waals surface area contributed by atoms with Gasteiger partial charge in [-0.3, -0.25) is 0 Å². The summed E-state index contributed by atoms with van der Waals surface area (Å²) in [6.07, 6.45) is 8.49. The molecule has 4 aliphatic carbocycles. The molecule has 0 amide bonds. The van der Waals surface area contributed by atoms with Crippen molar-refractivity contribution >= 4 is 5.97 Å². The highest BCUT2D eigenvalue weighted by Crippen LogP contribution is 2.60. The maximum Gasteiger partial charge on any atom is 0.490 e. The molecule has 4 N–H and O–H groups in total. The predicted molar refractivity (Wildman–Crippen MR) is 102 cm³/mol. The molecule has 4 aliphatic rings. The van der Waals surface area contributed by atoms with E-state index in [1.54, 1.807) is 6.33 Å². The van der Waals surface area contributed by atoms with Crippen LogP contribution in [-0.2, 0) is 17.6 Å². The van der Waals surface area contributed by atoms with Crippen LogP contribution in [-0.4, -0.2) is 37.4 Å². The normalized spacial score (nSPS) is 30.0. The second-order valence-corrected chi connectivity index (χ2v) is 9.32. The lowest BCUT2D eigenvalue weighted by Gasteiger charge is -2.56. The Hall–Kier alpha value is -2.43. The van der Waals surface area contributed by atoms with Gasteiger partial charge >= 0.3 is 12.1 Å². The van der Waals surface area contributed by atoms with Gasteiger partial charge in [-0.05, 0) is 61.7 Å². The van der Waals surface area contributed by atoms with Crippen molar-refractivity contribution in [3.63, 3.8) is 0 Å². The number of hydrogen-bond donors (Lipinski definition) is 3. The first kappa shape index (κ1) is 21.8. The van der Waals surface area contributed by atoms with Crippen molar-refractivity contribution in [2.75, 3.05) is 0 Å². The maximum absolute atomic E-state index is 10.6. The van der Waals surface area contributed by atoms with Gasteiger partial charge in [-0.2, -0.15) is 18.2 Å². The number of aliphatic carboxylic acids is 1. The van der Waals surface area contributed by atoms with E-state index in [0.29, 0.717) is 17.7 Å². The number of nitrogens with two attached hydrogens (primary N) is 1. The molecule has 0 spiro atoms. The summed E-state index contributed by atoms with van der Waals surface area (Å²) in [6, 6.07) is -0.286. The summed E-state index contributed by atoms with van der Waals surface area (Å²) >= 11 is 0. The molecular formula is C20H26F3N5O3. The summed E-state index contributed by atoms with van der Waals surface area (Å²) in [5.41, 5.74) is 7.56. The largest absolute Gasteiger partial charge is 0.490 e. The van der Waals surface area contributed by atoms with Crippen LogP contribution >= 0.6 is 0 Å². The molecule has 2 aromatic heterocycles. The Morgan fingerprint density at radius 1 is 1.26 bits per heavy atom. The van der Waals surface area contributed by atoms with Gasteiger partial charge in [0.25, 0.3) is 0 Å². The molecule has 0 radical (unpaired) electrons. The highest BCUT2D eigenvalue weighted by atomic mass is 19.4. The van der Waals surface area contributed by atoms with E-state index < -0.39 is 12.1 Å². The number of aromatic amines is 1. The number of hydrogen-bond acceptors (Lipinski definition) is 6. The van der Waals surface area contributed by atoms with Crippen molar-refractivity contribution in [3.8, 4) is 0 Å². The number of nitrogens with one attached hydrogen (secondary N) is 1. The monoisotopic (exact) mass is 441 g/mol. The summed E-state index contributed by atoms with van der Waals surface area (Å²) in [5.74, 6) is 1.48. The maximum atomic E-state index is 10.6. The molecule has 6 rings (SSSR count). The number of alkyl halides is 3. The molecule has 11 heteroatoms. The Kier molecular flexibility index (Phi) is 5.80. The molecule has 0 saturated heterocycles. The molecule has 8 nitrogen and oxygen atoms in total. The van der Waals surface area contributed by atoms with E-state index in [0.717, 1.165) is 35.7 Å². The van der Waals surface area contributed by atoms with Gasteiger partial charge in [-0.1, -0.05) is 5.16 Å². The van der Waals surface area contributed by atoms with Gasteiger partial charge in [0.2, 0.25) is 5.89 Å². The van der Waals surface area contributed by atoms with Crippen LogP contribution < -0.4 is 5.73 Å². The fourth-order valence-electron chi connectivity index (χ4n) is 6.05. The topological polar surface area (TPSA) is 131 Å². The third-order valence-electron chi connectivity index (χ3n) is 6.73. The molecule has 170 valence electrons. The van der Waals surface area contributed by atoms with Gasteiger partial charge in [-0.15, -0.1) is 0 Å². The van der Waals surface area contributed by atoms with E-state index in [4.69, 9.17) is 20.2 Å².